The van der Waals surface area contributed by atoms with E-state index >= 15 is 0 Å². The van der Waals surface area contributed by atoms with Crippen LogP contribution in [0.4, 0.5) is 13.2 Å². The van der Waals surface area contributed by atoms with Crippen molar-refractivity contribution in [1.29, 1.82) is 0 Å². The Morgan fingerprint density at radius 3 is 2.64 bits per heavy atom. The highest BCUT2D eigenvalue weighted by molar-refractivity contribution is 5.75. The highest BCUT2D eigenvalue weighted by Crippen LogP contribution is 2.44. The fraction of sp³-hybridized carbons (Fsp3) is 0.889. The number of carbonyl (C=O) groups excluding carboxylic acids is 1. The van der Waals surface area contributed by atoms with Crippen LogP contribution in [-0.4, -0.2) is 18.8 Å². The molecule has 1 fully saturated rings. The van der Waals surface area contributed by atoms with E-state index in [4.69, 9.17) is 4.74 Å². The fourth-order valence-corrected chi connectivity index (χ4v) is 1.45. The van der Waals surface area contributed by atoms with Crippen LogP contribution < -0.4 is 0 Å². The number of hydrogen-bond donors (Lipinski definition) is 0. The third kappa shape index (κ3) is 3.55. The quantitative estimate of drug-likeness (QED) is 0.666. The molecule has 82 valence electrons. The smallest absolute Gasteiger partial charge is 0.389 e. The summed E-state index contributed by atoms with van der Waals surface area (Å²) >= 11 is 0. The third-order valence-electron chi connectivity index (χ3n) is 2.31. The van der Waals surface area contributed by atoms with Gasteiger partial charge in [0.25, 0.3) is 0 Å². The topological polar surface area (TPSA) is 26.3 Å². The van der Waals surface area contributed by atoms with Crippen molar-refractivity contribution in [3.05, 3.63) is 0 Å². The van der Waals surface area contributed by atoms with Crippen LogP contribution in [0, 0.1) is 11.8 Å². The van der Waals surface area contributed by atoms with Gasteiger partial charge in [-0.25, -0.2) is 0 Å². The molecule has 1 saturated carbocycles. The Kier molecular flexibility index (Phi) is 3.39. The molecular formula is C9H13F3O2. The van der Waals surface area contributed by atoms with Crippen molar-refractivity contribution in [2.24, 2.45) is 11.8 Å². The molecule has 0 heterocycles. The van der Waals surface area contributed by atoms with Crippen LogP contribution in [0.25, 0.3) is 0 Å². The molecule has 0 aliphatic heterocycles. The molecule has 0 spiro atoms. The number of hydrogen-bond acceptors (Lipinski definition) is 2. The summed E-state index contributed by atoms with van der Waals surface area (Å²) in [4.78, 5) is 11.0. The van der Waals surface area contributed by atoms with Crippen molar-refractivity contribution in [3.8, 4) is 0 Å². The minimum atomic E-state index is -4.11. The molecule has 2 nitrogen and oxygen atoms in total. The normalized spacial score (nSPS) is 26.0. The van der Waals surface area contributed by atoms with E-state index in [0.29, 0.717) is 13.0 Å². The van der Waals surface area contributed by atoms with E-state index in [0.717, 1.165) is 0 Å². The van der Waals surface area contributed by atoms with Gasteiger partial charge in [-0.2, -0.15) is 13.2 Å². The summed E-state index contributed by atoms with van der Waals surface area (Å²) in [5.74, 6) is -0.743. The van der Waals surface area contributed by atoms with Gasteiger partial charge in [0.05, 0.1) is 12.5 Å². The van der Waals surface area contributed by atoms with Gasteiger partial charge in [-0.1, -0.05) is 0 Å². The number of carbonyl (C=O) groups is 1. The first-order chi connectivity index (χ1) is 6.44. The Morgan fingerprint density at radius 1 is 1.50 bits per heavy atom. The lowest BCUT2D eigenvalue weighted by molar-refractivity contribution is -0.146. The fourth-order valence-electron chi connectivity index (χ4n) is 1.45. The summed E-state index contributed by atoms with van der Waals surface area (Å²) in [5, 5.41) is 0. The van der Waals surface area contributed by atoms with Crippen molar-refractivity contribution in [3.63, 3.8) is 0 Å². The first-order valence-corrected chi connectivity index (χ1v) is 4.67. The summed E-state index contributed by atoms with van der Waals surface area (Å²) < 4.78 is 40.1. The summed E-state index contributed by atoms with van der Waals surface area (Å²) in [6, 6.07) is 0. The van der Waals surface area contributed by atoms with Gasteiger partial charge in [0.1, 0.15) is 0 Å². The second-order valence-corrected chi connectivity index (χ2v) is 3.51. The predicted molar refractivity (Wildman–Crippen MR) is 43.5 cm³/mol. The van der Waals surface area contributed by atoms with Crippen LogP contribution in [0.15, 0.2) is 0 Å². The van der Waals surface area contributed by atoms with E-state index in [9.17, 15) is 18.0 Å². The van der Waals surface area contributed by atoms with Crippen molar-refractivity contribution in [2.75, 3.05) is 6.61 Å². The van der Waals surface area contributed by atoms with Crippen molar-refractivity contribution >= 4 is 5.97 Å². The Labute approximate surface area is 80.4 Å². The molecule has 14 heavy (non-hydrogen) atoms. The molecule has 1 aliphatic rings. The standard InChI is InChI=1S/C9H13F3O2/c1-2-14-8(13)7-5-6(7)3-4-9(10,11)12/h6-7H,2-5H2,1H3/t6-,7-/m1/s1. The maximum atomic E-state index is 11.8. The Hall–Kier alpha value is -0.740. The van der Waals surface area contributed by atoms with Crippen molar-refractivity contribution < 1.29 is 22.7 Å². The van der Waals surface area contributed by atoms with Crippen LogP contribution in [0.2, 0.25) is 0 Å². The molecule has 0 amide bonds. The van der Waals surface area contributed by atoms with E-state index in [2.05, 4.69) is 0 Å². The minimum Gasteiger partial charge on any atom is -0.466 e. The third-order valence-corrected chi connectivity index (χ3v) is 2.31. The molecule has 1 aliphatic carbocycles. The summed E-state index contributed by atoms with van der Waals surface area (Å²) in [6.07, 6.45) is -4.31. The Balaban J connectivity index is 2.17. The van der Waals surface area contributed by atoms with Gasteiger partial charge in [0, 0.05) is 6.42 Å². The molecule has 0 N–H and O–H groups in total. The lowest BCUT2D eigenvalue weighted by Gasteiger charge is -2.04. The van der Waals surface area contributed by atoms with Gasteiger partial charge in [-0.3, -0.25) is 4.79 Å². The maximum absolute atomic E-state index is 11.8. The molecule has 0 unspecified atom stereocenters. The highest BCUT2D eigenvalue weighted by atomic mass is 19.4. The van der Waals surface area contributed by atoms with Crippen molar-refractivity contribution in [1.82, 2.24) is 0 Å². The molecule has 0 radical (unpaired) electrons. The molecule has 0 aromatic carbocycles. The second kappa shape index (κ2) is 4.19. The highest BCUT2D eigenvalue weighted by Gasteiger charge is 2.45. The number of rotatable bonds is 4. The van der Waals surface area contributed by atoms with Crippen LogP contribution in [-0.2, 0) is 9.53 Å². The van der Waals surface area contributed by atoms with Crippen molar-refractivity contribution in [2.45, 2.75) is 32.4 Å². The summed E-state index contributed by atoms with van der Waals surface area (Å²) in [6.45, 7) is 1.98. The average Bonchev–Trinajstić information content (AvgIpc) is 2.78. The summed E-state index contributed by atoms with van der Waals surface area (Å²) in [5.41, 5.74) is 0. The predicted octanol–water partition coefficient (Wildman–Crippen LogP) is 2.53. The number of esters is 1. The molecule has 2 atom stereocenters. The van der Waals surface area contributed by atoms with E-state index in [1.807, 2.05) is 0 Å². The zero-order valence-corrected chi connectivity index (χ0v) is 7.93. The minimum absolute atomic E-state index is 0.0486. The molecule has 0 aromatic heterocycles. The maximum Gasteiger partial charge on any atom is 0.389 e. The first kappa shape index (κ1) is 11.3. The number of ether oxygens (including phenoxy) is 1. The molecular weight excluding hydrogens is 197 g/mol. The van der Waals surface area contributed by atoms with Crippen LogP contribution >= 0.6 is 0 Å². The molecule has 1 rings (SSSR count). The second-order valence-electron chi connectivity index (χ2n) is 3.51. The summed E-state index contributed by atoms with van der Waals surface area (Å²) in [7, 11) is 0. The molecule has 0 saturated heterocycles. The zero-order valence-electron chi connectivity index (χ0n) is 7.93. The lowest BCUT2D eigenvalue weighted by Crippen LogP contribution is -2.10. The largest absolute Gasteiger partial charge is 0.466 e. The van der Waals surface area contributed by atoms with Gasteiger partial charge >= 0.3 is 12.1 Å². The number of alkyl halides is 3. The first-order valence-electron chi connectivity index (χ1n) is 4.67. The van der Waals surface area contributed by atoms with Crippen LogP contribution in [0.5, 0.6) is 0 Å². The van der Waals surface area contributed by atoms with Gasteiger partial charge in [0.15, 0.2) is 0 Å². The van der Waals surface area contributed by atoms with Gasteiger partial charge in [-0.15, -0.1) is 0 Å². The van der Waals surface area contributed by atoms with Gasteiger partial charge in [0.2, 0.25) is 0 Å². The van der Waals surface area contributed by atoms with Crippen LogP contribution in [0.1, 0.15) is 26.2 Å². The lowest BCUT2D eigenvalue weighted by atomic mass is 10.2. The molecule has 5 heteroatoms. The molecule has 0 aromatic rings. The van der Waals surface area contributed by atoms with Gasteiger partial charge in [-0.05, 0) is 25.7 Å². The van der Waals surface area contributed by atoms with E-state index in [-0.39, 0.29) is 24.2 Å². The number of halogens is 3. The SMILES string of the molecule is CCOC(=O)[C@@H]1C[C@H]1CCC(F)(F)F. The van der Waals surface area contributed by atoms with Gasteiger partial charge < -0.3 is 4.74 Å². The Morgan fingerprint density at radius 2 is 2.14 bits per heavy atom. The average molecular weight is 210 g/mol. The molecule has 0 bridgehead atoms. The van der Waals surface area contributed by atoms with E-state index in [1.54, 1.807) is 6.92 Å². The van der Waals surface area contributed by atoms with Crippen LogP contribution in [0.3, 0.4) is 0 Å². The zero-order chi connectivity index (χ0) is 10.8. The van der Waals surface area contributed by atoms with E-state index in [1.165, 1.54) is 0 Å². The Bertz CT molecular complexity index is 213. The van der Waals surface area contributed by atoms with E-state index < -0.39 is 12.6 Å². The monoisotopic (exact) mass is 210 g/mol.